The molecule has 2 aliphatic heterocycles. The molecule has 0 N–H and O–H groups in total. The van der Waals surface area contributed by atoms with E-state index in [2.05, 4.69) is 29.2 Å². The molecule has 2 heterocycles. The average molecular weight is 274 g/mol. The van der Waals surface area contributed by atoms with Crippen LogP contribution in [-0.4, -0.2) is 50.2 Å². The number of carbonyl (C=O) groups excluding carboxylic acids is 1. The number of hydrogen-bond acceptors (Lipinski definition) is 3. The largest absolute Gasteiger partial charge is 0.378 e. The molecule has 3 rings (SSSR count). The fourth-order valence-corrected chi connectivity index (χ4v) is 3.10. The molecular weight excluding hydrogens is 252 g/mol. The lowest BCUT2D eigenvalue weighted by molar-refractivity contribution is -0.127. The second kappa shape index (κ2) is 5.83. The van der Waals surface area contributed by atoms with Gasteiger partial charge in [0.1, 0.15) is 0 Å². The molecule has 1 amide bonds. The first-order chi connectivity index (χ1) is 9.74. The lowest BCUT2D eigenvalue weighted by Gasteiger charge is -2.29. The molecule has 0 aromatic heterocycles. The van der Waals surface area contributed by atoms with E-state index in [0.717, 1.165) is 45.8 Å². The Hall–Kier alpha value is -1.55. The molecule has 2 aliphatic rings. The van der Waals surface area contributed by atoms with Crippen LogP contribution in [0.15, 0.2) is 24.3 Å². The normalized spacial score (nSPS) is 23.1. The third-order valence-corrected chi connectivity index (χ3v) is 4.37. The van der Waals surface area contributed by atoms with Gasteiger partial charge in [0.15, 0.2) is 0 Å². The van der Waals surface area contributed by atoms with Gasteiger partial charge in [-0.25, -0.2) is 0 Å². The topological polar surface area (TPSA) is 32.8 Å². The zero-order chi connectivity index (χ0) is 13.9. The number of nitrogens with zero attached hydrogens (tertiary/aromatic N) is 2. The van der Waals surface area contributed by atoms with Crippen LogP contribution in [-0.2, 0) is 9.53 Å². The summed E-state index contributed by atoms with van der Waals surface area (Å²) in [5, 5.41) is 0. The number of anilines is 1. The Morgan fingerprint density at radius 2 is 1.85 bits per heavy atom. The average Bonchev–Trinajstić information content (AvgIpc) is 2.98. The van der Waals surface area contributed by atoms with Gasteiger partial charge in [-0.3, -0.25) is 4.79 Å². The van der Waals surface area contributed by atoms with Gasteiger partial charge in [0.25, 0.3) is 0 Å². The van der Waals surface area contributed by atoms with E-state index < -0.39 is 0 Å². The van der Waals surface area contributed by atoms with Crippen molar-refractivity contribution in [3.63, 3.8) is 0 Å². The Labute approximate surface area is 120 Å². The second-order valence-corrected chi connectivity index (χ2v) is 5.64. The highest BCUT2D eigenvalue weighted by atomic mass is 16.5. The predicted molar refractivity (Wildman–Crippen MR) is 79.1 cm³/mol. The SMILES string of the molecule is CC(=O)N1CCC(c2ccc(N3CCOCC3)cc2)C1. The Balaban J connectivity index is 1.65. The minimum atomic E-state index is 0.192. The van der Waals surface area contributed by atoms with Crippen molar-refractivity contribution in [1.82, 2.24) is 4.90 Å². The molecular formula is C16H22N2O2. The van der Waals surface area contributed by atoms with Gasteiger partial charge < -0.3 is 14.5 Å². The summed E-state index contributed by atoms with van der Waals surface area (Å²) in [6.45, 7) is 7.00. The van der Waals surface area contributed by atoms with E-state index in [4.69, 9.17) is 4.74 Å². The van der Waals surface area contributed by atoms with Crippen molar-refractivity contribution in [2.75, 3.05) is 44.3 Å². The Kier molecular flexibility index (Phi) is 3.92. The number of rotatable bonds is 2. The summed E-state index contributed by atoms with van der Waals surface area (Å²) in [5.74, 6) is 0.690. The zero-order valence-corrected chi connectivity index (χ0v) is 12.0. The standard InChI is InChI=1S/C16H22N2O2/c1-13(19)18-7-6-15(12-18)14-2-4-16(5-3-14)17-8-10-20-11-9-17/h2-5,15H,6-12H2,1H3. The summed E-state index contributed by atoms with van der Waals surface area (Å²) in [7, 11) is 0. The molecule has 1 aromatic rings. The molecule has 4 heteroatoms. The van der Waals surface area contributed by atoms with E-state index in [-0.39, 0.29) is 5.91 Å². The van der Waals surface area contributed by atoms with Crippen LogP contribution in [0.25, 0.3) is 0 Å². The first kappa shape index (κ1) is 13.4. The Bertz CT molecular complexity index is 466. The highest BCUT2D eigenvalue weighted by Gasteiger charge is 2.25. The second-order valence-electron chi connectivity index (χ2n) is 5.64. The van der Waals surface area contributed by atoms with Gasteiger partial charge in [0.2, 0.25) is 5.91 Å². The molecule has 4 nitrogen and oxygen atoms in total. The number of ether oxygens (including phenoxy) is 1. The highest BCUT2D eigenvalue weighted by molar-refractivity contribution is 5.73. The van der Waals surface area contributed by atoms with E-state index in [9.17, 15) is 4.79 Å². The molecule has 1 unspecified atom stereocenters. The molecule has 1 atom stereocenters. The minimum absolute atomic E-state index is 0.192. The van der Waals surface area contributed by atoms with Gasteiger partial charge in [-0.1, -0.05) is 12.1 Å². The summed E-state index contributed by atoms with van der Waals surface area (Å²) in [5.41, 5.74) is 2.63. The van der Waals surface area contributed by atoms with Crippen LogP contribution in [0.2, 0.25) is 0 Å². The van der Waals surface area contributed by atoms with Crippen LogP contribution < -0.4 is 4.90 Å². The Morgan fingerprint density at radius 1 is 1.15 bits per heavy atom. The van der Waals surface area contributed by atoms with Crippen molar-refractivity contribution in [3.05, 3.63) is 29.8 Å². The van der Waals surface area contributed by atoms with Gasteiger partial charge in [0, 0.05) is 44.7 Å². The number of hydrogen-bond donors (Lipinski definition) is 0. The number of likely N-dealkylation sites (tertiary alicyclic amines) is 1. The molecule has 0 aliphatic carbocycles. The maximum absolute atomic E-state index is 11.4. The molecule has 2 saturated heterocycles. The van der Waals surface area contributed by atoms with Crippen molar-refractivity contribution in [1.29, 1.82) is 0 Å². The molecule has 0 bridgehead atoms. The van der Waals surface area contributed by atoms with Gasteiger partial charge in [-0.2, -0.15) is 0 Å². The van der Waals surface area contributed by atoms with Crippen LogP contribution in [0.3, 0.4) is 0 Å². The molecule has 2 fully saturated rings. The first-order valence-corrected chi connectivity index (χ1v) is 7.42. The summed E-state index contributed by atoms with van der Waals surface area (Å²) >= 11 is 0. The summed E-state index contributed by atoms with van der Waals surface area (Å²) in [6, 6.07) is 8.85. The van der Waals surface area contributed by atoms with E-state index in [1.54, 1.807) is 6.92 Å². The van der Waals surface area contributed by atoms with Crippen LogP contribution in [0.4, 0.5) is 5.69 Å². The maximum Gasteiger partial charge on any atom is 0.219 e. The summed E-state index contributed by atoms with van der Waals surface area (Å²) in [6.07, 6.45) is 1.08. The van der Waals surface area contributed by atoms with Crippen molar-refractivity contribution in [2.24, 2.45) is 0 Å². The van der Waals surface area contributed by atoms with Crippen LogP contribution >= 0.6 is 0 Å². The minimum Gasteiger partial charge on any atom is -0.378 e. The maximum atomic E-state index is 11.4. The molecule has 0 radical (unpaired) electrons. The molecule has 108 valence electrons. The van der Waals surface area contributed by atoms with Gasteiger partial charge in [-0.15, -0.1) is 0 Å². The van der Waals surface area contributed by atoms with Gasteiger partial charge in [-0.05, 0) is 24.1 Å². The quantitative estimate of drug-likeness (QED) is 0.825. The monoisotopic (exact) mass is 274 g/mol. The van der Waals surface area contributed by atoms with E-state index in [1.807, 2.05) is 4.90 Å². The molecule has 0 spiro atoms. The smallest absolute Gasteiger partial charge is 0.219 e. The molecule has 0 saturated carbocycles. The van der Waals surface area contributed by atoms with Crippen molar-refractivity contribution >= 4 is 11.6 Å². The highest BCUT2D eigenvalue weighted by Crippen LogP contribution is 2.28. The van der Waals surface area contributed by atoms with Crippen molar-refractivity contribution in [2.45, 2.75) is 19.3 Å². The molecule has 1 aromatic carbocycles. The van der Waals surface area contributed by atoms with E-state index in [0.29, 0.717) is 5.92 Å². The van der Waals surface area contributed by atoms with Crippen molar-refractivity contribution < 1.29 is 9.53 Å². The first-order valence-electron chi connectivity index (χ1n) is 7.42. The van der Waals surface area contributed by atoms with Crippen LogP contribution in [0.1, 0.15) is 24.8 Å². The summed E-state index contributed by atoms with van der Waals surface area (Å²) in [4.78, 5) is 15.7. The van der Waals surface area contributed by atoms with Crippen LogP contribution in [0, 0.1) is 0 Å². The number of amides is 1. The summed E-state index contributed by atoms with van der Waals surface area (Å²) < 4.78 is 5.38. The predicted octanol–water partition coefficient (Wildman–Crippen LogP) is 1.86. The van der Waals surface area contributed by atoms with Crippen LogP contribution in [0.5, 0.6) is 0 Å². The van der Waals surface area contributed by atoms with E-state index >= 15 is 0 Å². The number of benzene rings is 1. The Morgan fingerprint density at radius 3 is 2.45 bits per heavy atom. The third kappa shape index (κ3) is 2.80. The number of morpholine rings is 1. The fourth-order valence-electron chi connectivity index (χ4n) is 3.10. The lowest BCUT2D eigenvalue weighted by Crippen LogP contribution is -2.36. The third-order valence-electron chi connectivity index (χ3n) is 4.37. The lowest BCUT2D eigenvalue weighted by atomic mass is 9.98. The molecule has 20 heavy (non-hydrogen) atoms. The fraction of sp³-hybridized carbons (Fsp3) is 0.562. The van der Waals surface area contributed by atoms with Crippen molar-refractivity contribution in [3.8, 4) is 0 Å². The van der Waals surface area contributed by atoms with E-state index in [1.165, 1.54) is 11.3 Å². The van der Waals surface area contributed by atoms with Gasteiger partial charge in [0.05, 0.1) is 13.2 Å². The van der Waals surface area contributed by atoms with Gasteiger partial charge >= 0.3 is 0 Å². The zero-order valence-electron chi connectivity index (χ0n) is 12.0. The number of carbonyl (C=O) groups is 1.